The van der Waals surface area contributed by atoms with Gasteiger partial charge in [0.15, 0.2) is 0 Å². The Morgan fingerprint density at radius 1 is 1.55 bits per heavy atom. The van der Waals surface area contributed by atoms with Gasteiger partial charge in [0.2, 0.25) is 0 Å². The van der Waals surface area contributed by atoms with E-state index in [4.69, 9.17) is 4.74 Å². The fraction of sp³-hybridized carbons (Fsp3) is 0.875. The highest BCUT2D eigenvalue weighted by atomic mass is 16.5. The third-order valence-corrected chi connectivity index (χ3v) is 2.97. The molecule has 1 saturated heterocycles. The third-order valence-electron chi connectivity index (χ3n) is 2.97. The van der Waals surface area contributed by atoms with Crippen LogP contribution in [-0.4, -0.2) is 26.2 Å². The van der Waals surface area contributed by atoms with Crippen LogP contribution in [0.15, 0.2) is 0 Å². The van der Waals surface area contributed by atoms with Gasteiger partial charge in [-0.1, -0.05) is 0 Å². The average Bonchev–Trinajstić information content (AvgIpc) is 2.32. The maximum absolute atomic E-state index is 11.1. The molecule has 0 spiro atoms. The van der Waals surface area contributed by atoms with Gasteiger partial charge in [-0.25, -0.2) is 0 Å². The van der Waals surface area contributed by atoms with E-state index in [1.807, 2.05) is 0 Å². The minimum atomic E-state index is -0.0186. The van der Waals surface area contributed by atoms with Gasteiger partial charge in [-0.15, -0.1) is 0 Å². The Kier molecular flexibility index (Phi) is 1.60. The number of methoxy groups -OCH3 is 1. The molecule has 0 aromatic heterocycles. The van der Waals surface area contributed by atoms with Crippen molar-refractivity contribution in [2.24, 2.45) is 17.8 Å². The maximum Gasteiger partial charge on any atom is 0.309 e. The quantitative estimate of drug-likeness (QED) is 0.542. The highest BCUT2D eigenvalue weighted by Crippen LogP contribution is 2.42. The fourth-order valence-corrected chi connectivity index (χ4v) is 2.21. The molecule has 2 aliphatic rings. The van der Waals surface area contributed by atoms with E-state index in [1.54, 1.807) is 0 Å². The van der Waals surface area contributed by atoms with Crippen molar-refractivity contribution in [3.05, 3.63) is 0 Å². The summed E-state index contributed by atoms with van der Waals surface area (Å²) in [6.07, 6.45) is 1.03. The van der Waals surface area contributed by atoms with E-state index in [1.165, 1.54) is 7.11 Å². The molecule has 11 heavy (non-hydrogen) atoms. The maximum atomic E-state index is 11.1. The third kappa shape index (κ3) is 0.948. The van der Waals surface area contributed by atoms with E-state index < -0.39 is 0 Å². The molecule has 1 aliphatic heterocycles. The molecule has 0 aromatic carbocycles. The van der Waals surface area contributed by atoms with Crippen molar-refractivity contribution in [2.45, 2.75) is 6.42 Å². The van der Waals surface area contributed by atoms with Gasteiger partial charge in [0.05, 0.1) is 13.0 Å². The second-order valence-corrected chi connectivity index (χ2v) is 3.45. The topological polar surface area (TPSA) is 38.3 Å². The summed E-state index contributed by atoms with van der Waals surface area (Å²) in [5, 5.41) is 3.29. The number of esters is 1. The summed E-state index contributed by atoms with van der Waals surface area (Å²) >= 11 is 0. The molecule has 0 aromatic rings. The van der Waals surface area contributed by atoms with Crippen LogP contribution in [0.4, 0.5) is 0 Å². The van der Waals surface area contributed by atoms with Gasteiger partial charge in [0.25, 0.3) is 0 Å². The van der Waals surface area contributed by atoms with Crippen LogP contribution in [0.1, 0.15) is 6.42 Å². The molecule has 2 rings (SSSR count). The van der Waals surface area contributed by atoms with E-state index in [9.17, 15) is 4.79 Å². The number of hydrogen-bond acceptors (Lipinski definition) is 3. The van der Waals surface area contributed by atoms with Gasteiger partial charge >= 0.3 is 5.97 Å². The second kappa shape index (κ2) is 2.48. The van der Waals surface area contributed by atoms with Gasteiger partial charge < -0.3 is 10.1 Å². The zero-order valence-electron chi connectivity index (χ0n) is 6.67. The van der Waals surface area contributed by atoms with E-state index in [0.29, 0.717) is 5.92 Å². The van der Waals surface area contributed by atoms with Crippen LogP contribution in [0.25, 0.3) is 0 Å². The Labute approximate surface area is 66.1 Å². The van der Waals surface area contributed by atoms with E-state index >= 15 is 0 Å². The van der Waals surface area contributed by atoms with E-state index in [-0.39, 0.29) is 11.9 Å². The number of carbonyl (C=O) groups excluding carboxylic acids is 1. The van der Waals surface area contributed by atoms with Crippen LogP contribution in [0.2, 0.25) is 0 Å². The summed E-state index contributed by atoms with van der Waals surface area (Å²) in [6, 6.07) is 0. The molecule has 0 unspecified atom stereocenters. The van der Waals surface area contributed by atoms with Crippen molar-refractivity contribution in [3.63, 3.8) is 0 Å². The number of nitrogens with one attached hydrogen (secondary N) is 1. The zero-order chi connectivity index (χ0) is 7.84. The van der Waals surface area contributed by atoms with Crippen LogP contribution >= 0.6 is 0 Å². The first-order valence-electron chi connectivity index (χ1n) is 4.11. The van der Waals surface area contributed by atoms with E-state index in [2.05, 4.69) is 5.32 Å². The number of fused-ring (bicyclic) bond motifs is 1. The lowest BCUT2D eigenvalue weighted by Crippen LogP contribution is -2.41. The zero-order valence-corrected chi connectivity index (χ0v) is 6.67. The first-order chi connectivity index (χ1) is 5.33. The summed E-state index contributed by atoms with van der Waals surface area (Å²) in [6.45, 7) is 2.10. The monoisotopic (exact) mass is 155 g/mol. The minimum absolute atomic E-state index is 0.0186. The molecule has 1 heterocycles. The summed E-state index contributed by atoms with van der Waals surface area (Å²) in [4.78, 5) is 11.1. The van der Waals surface area contributed by atoms with Crippen LogP contribution in [0.3, 0.4) is 0 Å². The van der Waals surface area contributed by atoms with Crippen molar-refractivity contribution in [1.82, 2.24) is 5.32 Å². The molecule has 0 bridgehead atoms. The molecule has 0 radical (unpaired) electrons. The molecule has 62 valence electrons. The normalized spacial score (nSPS) is 41.0. The van der Waals surface area contributed by atoms with Crippen molar-refractivity contribution < 1.29 is 9.53 Å². The molecule has 1 saturated carbocycles. The number of ether oxygens (including phenoxy) is 1. The highest BCUT2D eigenvalue weighted by Gasteiger charge is 2.47. The van der Waals surface area contributed by atoms with Crippen LogP contribution in [0, 0.1) is 17.8 Å². The van der Waals surface area contributed by atoms with Crippen LogP contribution in [-0.2, 0) is 9.53 Å². The SMILES string of the molecule is COC(=O)[C@@H]1C[C@@H]2CNC[C@@H]21. The highest BCUT2D eigenvalue weighted by molar-refractivity contribution is 5.74. The minimum Gasteiger partial charge on any atom is -0.469 e. The molecular formula is C8H13NO2. The molecule has 3 atom stereocenters. The largest absolute Gasteiger partial charge is 0.469 e. The van der Waals surface area contributed by atoms with Gasteiger partial charge in [-0.3, -0.25) is 4.79 Å². The van der Waals surface area contributed by atoms with Crippen molar-refractivity contribution in [3.8, 4) is 0 Å². The Hall–Kier alpha value is -0.570. The molecule has 2 fully saturated rings. The average molecular weight is 155 g/mol. The Bertz CT molecular complexity index is 181. The van der Waals surface area contributed by atoms with Crippen molar-refractivity contribution >= 4 is 5.97 Å². The smallest absolute Gasteiger partial charge is 0.309 e. The van der Waals surface area contributed by atoms with Crippen molar-refractivity contribution in [1.29, 1.82) is 0 Å². The lowest BCUT2D eigenvalue weighted by molar-refractivity contribution is -0.153. The molecular weight excluding hydrogens is 142 g/mol. The first-order valence-corrected chi connectivity index (χ1v) is 4.11. The molecule has 1 aliphatic carbocycles. The summed E-state index contributed by atoms with van der Waals surface area (Å²) < 4.78 is 4.70. The van der Waals surface area contributed by atoms with Crippen LogP contribution in [0.5, 0.6) is 0 Å². The summed E-state index contributed by atoms with van der Waals surface area (Å²) in [5.74, 6) is 1.50. The Morgan fingerprint density at radius 3 is 3.00 bits per heavy atom. The van der Waals surface area contributed by atoms with Gasteiger partial charge in [0, 0.05) is 0 Å². The number of hydrogen-bond donors (Lipinski definition) is 1. The predicted molar refractivity (Wildman–Crippen MR) is 40.0 cm³/mol. The summed E-state index contributed by atoms with van der Waals surface area (Å²) in [5.41, 5.74) is 0. The standard InChI is InChI=1S/C8H13NO2/c1-11-8(10)6-2-5-3-9-4-7(5)6/h5-7,9H,2-4H2,1H3/t5-,6-,7+/m1/s1. The van der Waals surface area contributed by atoms with E-state index in [0.717, 1.165) is 25.4 Å². The lowest BCUT2D eigenvalue weighted by atomic mass is 9.67. The first kappa shape index (κ1) is 7.10. The Balaban J connectivity index is 1.94. The number of rotatable bonds is 1. The lowest BCUT2D eigenvalue weighted by Gasteiger charge is -2.37. The number of carbonyl (C=O) groups is 1. The molecule has 1 N–H and O–H groups in total. The van der Waals surface area contributed by atoms with Crippen LogP contribution < -0.4 is 5.32 Å². The molecule has 0 amide bonds. The fourth-order valence-electron chi connectivity index (χ4n) is 2.21. The Morgan fingerprint density at radius 2 is 2.36 bits per heavy atom. The van der Waals surface area contributed by atoms with Crippen molar-refractivity contribution in [2.75, 3.05) is 20.2 Å². The molecule has 3 nitrogen and oxygen atoms in total. The molecule has 3 heteroatoms. The predicted octanol–water partition coefficient (Wildman–Crippen LogP) is 0.0149. The summed E-state index contributed by atoms with van der Waals surface area (Å²) in [7, 11) is 1.47. The van der Waals surface area contributed by atoms with Gasteiger partial charge in [-0.2, -0.15) is 0 Å². The van der Waals surface area contributed by atoms with Gasteiger partial charge in [-0.05, 0) is 31.3 Å². The van der Waals surface area contributed by atoms with Gasteiger partial charge in [0.1, 0.15) is 0 Å². The second-order valence-electron chi connectivity index (χ2n) is 3.45.